The van der Waals surface area contributed by atoms with Gasteiger partial charge in [-0.15, -0.1) is 12.4 Å². The Bertz CT molecular complexity index is 155. The van der Waals surface area contributed by atoms with Crippen LogP contribution in [0.25, 0.3) is 0 Å². The van der Waals surface area contributed by atoms with Crippen molar-refractivity contribution >= 4 is 18.4 Å². The highest BCUT2D eigenvalue weighted by Gasteiger charge is 2.07. The molecule has 0 aliphatic rings. The largest absolute Gasteiger partial charge is 0.462 e. The van der Waals surface area contributed by atoms with Gasteiger partial charge in [-0.2, -0.15) is 0 Å². The van der Waals surface area contributed by atoms with E-state index in [-0.39, 0.29) is 19.0 Å². The van der Waals surface area contributed by atoms with E-state index in [2.05, 4.69) is 0 Å². The van der Waals surface area contributed by atoms with Crippen molar-refractivity contribution < 1.29 is 19.0 Å². The molecule has 0 saturated heterocycles. The predicted octanol–water partition coefficient (Wildman–Crippen LogP) is 0.352. The van der Waals surface area contributed by atoms with Gasteiger partial charge in [0, 0.05) is 6.61 Å². The number of carbonyl (C=O) groups is 1. The SMILES string of the molecule is CCOCCOCCOC(=O)C(C)N.Cl. The molecule has 0 rings (SSSR count). The lowest BCUT2D eigenvalue weighted by Gasteiger charge is -2.07. The molecule has 0 bridgehead atoms. The zero-order valence-corrected chi connectivity index (χ0v) is 10.0. The van der Waals surface area contributed by atoms with Crippen LogP contribution in [0.2, 0.25) is 0 Å². The van der Waals surface area contributed by atoms with Gasteiger partial charge in [0.25, 0.3) is 0 Å². The molecule has 0 aromatic carbocycles. The van der Waals surface area contributed by atoms with E-state index >= 15 is 0 Å². The van der Waals surface area contributed by atoms with E-state index in [9.17, 15) is 4.79 Å². The van der Waals surface area contributed by atoms with Crippen molar-refractivity contribution in [2.75, 3.05) is 33.0 Å². The lowest BCUT2D eigenvalue weighted by Crippen LogP contribution is -2.29. The third-order valence-electron chi connectivity index (χ3n) is 1.42. The maximum atomic E-state index is 10.9. The molecule has 2 N–H and O–H groups in total. The van der Waals surface area contributed by atoms with Gasteiger partial charge in [-0.05, 0) is 13.8 Å². The zero-order valence-electron chi connectivity index (χ0n) is 9.23. The summed E-state index contributed by atoms with van der Waals surface area (Å²) in [5.74, 6) is -0.404. The molecule has 0 spiro atoms. The Morgan fingerprint density at radius 1 is 1.20 bits per heavy atom. The van der Waals surface area contributed by atoms with Gasteiger partial charge in [0.15, 0.2) is 0 Å². The molecule has 0 aliphatic heterocycles. The first kappa shape index (κ1) is 17.0. The van der Waals surface area contributed by atoms with Crippen molar-refractivity contribution in [2.45, 2.75) is 19.9 Å². The molecule has 0 aromatic rings. The highest BCUT2D eigenvalue weighted by molar-refractivity contribution is 5.85. The van der Waals surface area contributed by atoms with Crippen LogP contribution in [0.5, 0.6) is 0 Å². The highest BCUT2D eigenvalue weighted by atomic mass is 35.5. The normalized spacial score (nSPS) is 11.7. The molecule has 6 heteroatoms. The Labute approximate surface area is 96.7 Å². The van der Waals surface area contributed by atoms with E-state index in [1.165, 1.54) is 0 Å². The topological polar surface area (TPSA) is 70.8 Å². The number of rotatable bonds is 8. The minimum absolute atomic E-state index is 0. The van der Waals surface area contributed by atoms with Crippen molar-refractivity contribution in [3.8, 4) is 0 Å². The summed E-state index contributed by atoms with van der Waals surface area (Å²) in [7, 11) is 0. The van der Waals surface area contributed by atoms with Gasteiger partial charge in [-0.1, -0.05) is 0 Å². The van der Waals surface area contributed by atoms with Crippen LogP contribution >= 0.6 is 12.4 Å². The van der Waals surface area contributed by atoms with Gasteiger partial charge in [0.05, 0.1) is 19.8 Å². The van der Waals surface area contributed by atoms with Crippen LogP contribution in [-0.2, 0) is 19.0 Å². The predicted molar refractivity (Wildman–Crippen MR) is 59.2 cm³/mol. The van der Waals surface area contributed by atoms with E-state index in [4.69, 9.17) is 19.9 Å². The van der Waals surface area contributed by atoms with Crippen LogP contribution in [0.4, 0.5) is 0 Å². The number of halogens is 1. The highest BCUT2D eigenvalue weighted by Crippen LogP contribution is 1.85. The quantitative estimate of drug-likeness (QED) is 0.491. The lowest BCUT2D eigenvalue weighted by molar-refractivity contribution is -0.146. The fourth-order valence-electron chi connectivity index (χ4n) is 0.697. The molecule has 5 nitrogen and oxygen atoms in total. The Balaban J connectivity index is 0. The van der Waals surface area contributed by atoms with Crippen LogP contribution in [0.15, 0.2) is 0 Å². The molecule has 0 saturated carbocycles. The van der Waals surface area contributed by atoms with Gasteiger partial charge in [-0.3, -0.25) is 4.79 Å². The van der Waals surface area contributed by atoms with Crippen LogP contribution < -0.4 is 5.73 Å². The second kappa shape index (κ2) is 11.7. The van der Waals surface area contributed by atoms with Gasteiger partial charge < -0.3 is 19.9 Å². The number of hydrogen-bond acceptors (Lipinski definition) is 5. The van der Waals surface area contributed by atoms with E-state index in [1.54, 1.807) is 6.92 Å². The van der Waals surface area contributed by atoms with Crippen molar-refractivity contribution in [3.05, 3.63) is 0 Å². The molecule has 0 aliphatic carbocycles. The fourth-order valence-corrected chi connectivity index (χ4v) is 0.697. The lowest BCUT2D eigenvalue weighted by atomic mass is 10.4. The van der Waals surface area contributed by atoms with E-state index in [0.717, 1.165) is 0 Å². The van der Waals surface area contributed by atoms with Crippen molar-refractivity contribution in [2.24, 2.45) is 5.73 Å². The number of hydrogen-bond donors (Lipinski definition) is 1. The Hall–Kier alpha value is -0.360. The Kier molecular flexibility index (Phi) is 13.3. The van der Waals surface area contributed by atoms with E-state index in [0.29, 0.717) is 26.4 Å². The monoisotopic (exact) mass is 241 g/mol. The first-order valence-electron chi connectivity index (χ1n) is 4.76. The van der Waals surface area contributed by atoms with Crippen molar-refractivity contribution in [1.82, 2.24) is 0 Å². The first-order valence-corrected chi connectivity index (χ1v) is 4.76. The minimum Gasteiger partial charge on any atom is -0.462 e. The summed E-state index contributed by atoms with van der Waals surface area (Å²) in [6.07, 6.45) is 0. The second-order valence-electron chi connectivity index (χ2n) is 2.77. The zero-order chi connectivity index (χ0) is 10.8. The summed E-state index contributed by atoms with van der Waals surface area (Å²) in [6, 6.07) is -0.571. The van der Waals surface area contributed by atoms with Gasteiger partial charge in [0.1, 0.15) is 12.6 Å². The average molecular weight is 242 g/mol. The van der Waals surface area contributed by atoms with Crippen LogP contribution in [0, 0.1) is 0 Å². The van der Waals surface area contributed by atoms with Gasteiger partial charge >= 0.3 is 5.97 Å². The van der Waals surface area contributed by atoms with Crippen LogP contribution in [0.1, 0.15) is 13.8 Å². The van der Waals surface area contributed by atoms with Crippen LogP contribution in [0.3, 0.4) is 0 Å². The Morgan fingerprint density at radius 3 is 2.27 bits per heavy atom. The fraction of sp³-hybridized carbons (Fsp3) is 0.889. The molecule has 1 atom stereocenters. The molecule has 15 heavy (non-hydrogen) atoms. The minimum atomic E-state index is -0.571. The number of ether oxygens (including phenoxy) is 3. The van der Waals surface area contributed by atoms with E-state index < -0.39 is 12.0 Å². The maximum absolute atomic E-state index is 10.9. The second-order valence-corrected chi connectivity index (χ2v) is 2.77. The summed E-state index contributed by atoms with van der Waals surface area (Å²) in [6.45, 7) is 5.89. The smallest absolute Gasteiger partial charge is 0.322 e. The van der Waals surface area contributed by atoms with E-state index in [1.807, 2.05) is 6.92 Å². The molecule has 0 heterocycles. The number of esters is 1. The molecule has 0 radical (unpaired) electrons. The van der Waals surface area contributed by atoms with Gasteiger partial charge in [-0.25, -0.2) is 0 Å². The number of carbonyl (C=O) groups excluding carboxylic acids is 1. The molecule has 1 unspecified atom stereocenters. The van der Waals surface area contributed by atoms with Crippen LogP contribution in [-0.4, -0.2) is 45.0 Å². The maximum Gasteiger partial charge on any atom is 0.322 e. The number of nitrogens with two attached hydrogens (primary N) is 1. The molecular weight excluding hydrogens is 222 g/mol. The summed E-state index contributed by atoms with van der Waals surface area (Å²) < 4.78 is 14.9. The molecular formula is C9H20ClNO4. The standard InChI is InChI=1S/C9H19NO4.ClH/c1-3-12-4-5-13-6-7-14-9(11)8(2)10;/h8H,3-7,10H2,1-2H3;1H. The summed E-state index contributed by atoms with van der Waals surface area (Å²) >= 11 is 0. The summed E-state index contributed by atoms with van der Waals surface area (Å²) in [5.41, 5.74) is 5.28. The average Bonchev–Trinajstić information content (AvgIpc) is 2.16. The third-order valence-corrected chi connectivity index (χ3v) is 1.42. The molecule has 0 fully saturated rings. The molecule has 92 valence electrons. The van der Waals surface area contributed by atoms with Gasteiger partial charge in [0.2, 0.25) is 0 Å². The van der Waals surface area contributed by atoms with Crippen molar-refractivity contribution in [3.63, 3.8) is 0 Å². The molecule has 0 aromatic heterocycles. The summed E-state index contributed by atoms with van der Waals surface area (Å²) in [5, 5.41) is 0. The molecule has 0 amide bonds. The summed E-state index contributed by atoms with van der Waals surface area (Å²) in [4.78, 5) is 10.9. The Morgan fingerprint density at radius 2 is 1.73 bits per heavy atom. The first-order chi connectivity index (χ1) is 6.68. The van der Waals surface area contributed by atoms with Crippen molar-refractivity contribution in [1.29, 1.82) is 0 Å². The third kappa shape index (κ3) is 11.6.